The van der Waals surface area contributed by atoms with Crippen LogP contribution >= 0.6 is 0 Å². The molecule has 3 N–H and O–H groups in total. The number of amides is 4. The van der Waals surface area contributed by atoms with Crippen molar-refractivity contribution < 1.29 is 41.8 Å². The second kappa shape index (κ2) is 18.3. The van der Waals surface area contributed by atoms with Gasteiger partial charge in [0.1, 0.15) is 40.8 Å². The number of aryl methyl sites for hydroxylation is 1. The van der Waals surface area contributed by atoms with Gasteiger partial charge in [-0.1, -0.05) is 69.3 Å². The summed E-state index contributed by atoms with van der Waals surface area (Å²) in [6.45, 7) is 17.3. The summed E-state index contributed by atoms with van der Waals surface area (Å²) in [5.41, 5.74) is -0.776. The van der Waals surface area contributed by atoms with Crippen molar-refractivity contribution in [2.75, 3.05) is 13.7 Å². The monoisotopic (exact) mass is 855 g/mol. The number of ether oxygens (including phenoxy) is 3. The number of nitrogens with one attached hydrogen (secondary N) is 3. The number of allylic oxidation sites excluding steroid dienone is 1. The molecule has 3 aromatic carbocycles. The van der Waals surface area contributed by atoms with Crippen LogP contribution in [0.15, 0.2) is 96.4 Å². The molecule has 1 unspecified atom stereocenters. The molecule has 0 aliphatic carbocycles. The number of rotatable bonds is 14. The van der Waals surface area contributed by atoms with Crippen molar-refractivity contribution in [1.29, 1.82) is 0 Å². The topological polar surface area (TPSA) is 182 Å². The maximum atomic E-state index is 14.8. The number of fused-ring (bicyclic) bond motifs is 1. The van der Waals surface area contributed by atoms with Gasteiger partial charge < -0.3 is 29.7 Å². The SMILES string of the molecule is C=CCC[C@](C)(NC(=O)[C@@H]1C[C@@H](Oc2cc(-c3ccccc3)nc3cc(OC)ccc23)CN1C(=O)C(NC(=O)OC(C)(C)C)C(C)(C)C)C(=O)NS(=O)(=O)c1cccc(C)c1. The highest BCUT2D eigenvalue weighted by atomic mass is 32.2. The lowest BCUT2D eigenvalue weighted by Crippen LogP contribution is -2.62. The minimum Gasteiger partial charge on any atom is -0.497 e. The van der Waals surface area contributed by atoms with Gasteiger partial charge in [0.15, 0.2) is 0 Å². The molecular formula is C46H57N5O9S. The van der Waals surface area contributed by atoms with Gasteiger partial charge in [0.2, 0.25) is 11.8 Å². The molecule has 4 atom stereocenters. The van der Waals surface area contributed by atoms with Crippen molar-refractivity contribution in [2.45, 2.75) is 109 Å². The fourth-order valence-electron chi connectivity index (χ4n) is 7.01. The smallest absolute Gasteiger partial charge is 0.408 e. The van der Waals surface area contributed by atoms with Gasteiger partial charge in [0, 0.05) is 29.5 Å². The molecule has 0 radical (unpaired) electrons. The quantitative estimate of drug-likeness (QED) is 0.114. The predicted octanol–water partition coefficient (Wildman–Crippen LogP) is 6.85. The molecule has 1 fully saturated rings. The van der Waals surface area contributed by atoms with Crippen molar-refractivity contribution in [2.24, 2.45) is 5.41 Å². The van der Waals surface area contributed by atoms with Crippen molar-refractivity contribution in [1.82, 2.24) is 25.2 Å². The molecule has 5 rings (SSSR count). The van der Waals surface area contributed by atoms with Crippen LogP contribution < -0.4 is 24.8 Å². The maximum absolute atomic E-state index is 14.8. The molecule has 0 saturated carbocycles. The standard InChI is InChI=1S/C46H57N5O9S/c1-11-12-23-46(9,42(54)50-61(56,57)33-20-16-17-29(2)24-33)49-40(52)37-26-32(28-51(37)41(53)39(44(3,4)5)48-43(55)60-45(6,7)8)59-38-27-35(30-18-14-13-15-19-30)47-36-25-31(58-10)21-22-34(36)38/h11,13-22,24-25,27,32,37,39H,1,12,23,26,28H2,2-10H3,(H,48,55)(H,49,52)(H,50,54)/t32-,37+,39?,46+/m1/s1. The Morgan fingerprint density at radius 1 is 0.951 bits per heavy atom. The zero-order valence-corrected chi connectivity index (χ0v) is 37.1. The van der Waals surface area contributed by atoms with Crippen LogP contribution in [0.5, 0.6) is 11.5 Å². The molecular weight excluding hydrogens is 799 g/mol. The second-order valence-electron chi connectivity index (χ2n) is 17.6. The molecule has 14 nitrogen and oxygen atoms in total. The summed E-state index contributed by atoms with van der Waals surface area (Å²) in [4.78, 5) is 62.7. The van der Waals surface area contributed by atoms with Crippen LogP contribution in [0.1, 0.15) is 73.3 Å². The number of pyridine rings is 1. The Morgan fingerprint density at radius 3 is 2.28 bits per heavy atom. The van der Waals surface area contributed by atoms with Crippen molar-refractivity contribution in [3.63, 3.8) is 0 Å². The van der Waals surface area contributed by atoms with Gasteiger partial charge in [-0.2, -0.15) is 0 Å². The van der Waals surface area contributed by atoms with E-state index in [4.69, 9.17) is 19.2 Å². The van der Waals surface area contributed by atoms with Crippen LogP contribution in [-0.4, -0.2) is 85.1 Å². The minimum atomic E-state index is -4.34. The predicted molar refractivity (Wildman–Crippen MR) is 233 cm³/mol. The summed E-state index contributed by atoms with van der Waals surface area (Å²) in [7, 11) is -2.78. The zero-order chi connectivity index (χ0) is 44.9. The zero-order valence-electron chi connectivity index (χ0n) is 36.3. The van der Waals surface area contributed by atoms with E-state index in [0.29, 0.717) is 33.7 Å². The molecule has 326 valence electrons. The molecule has 61 heavy (non-hydrogen) atoms. The summed E-state index contributed by atoms with van der Waals surface area (Å²) in [5.74, 6) is -1.25. The Kier molecular flexibility index (Phi) is 13.9. The number of alkyl carbamates (subject to hydrolysis) is 1. The maximum Gasteiger partial charge on any atom is 0.408 e. The molecule has 15 heteroatoms. The molecule has 4 aromatic rings. The number of sulfonamides is 1. The van der Waals surface area contributed by atoms with Crippen molar-refractivity contribution in [3.05, 3.63) is 97.1 Å². The lowest BCUT2D eigenvalue weighted by molar-refractivity contribution is -0.143. The number of methoxy groups -OCH3 is 1. The van der Waals surface area contributed by atoms with Gasteiger partial charge in [-0.15, -0.1) is 6.58 Å². The molecule has 1 aliphatic rings. The van der Waals surface area contributed by atoms with Crippen LogP contribution in [0.2, 0.25) is 0 Å². The second-order valence-corrected chi connectivity index (χ2v) is 19.3. The number of hydrogen-bond donors (Lipinski definition) is 3. The van der Waals surface area contributed by atoms with Gasteiger partial charge >= 0.3 is 6.09 Å². The van der Waals surface area contributed by atoms with Gasteiger partial charge in [-0.3, -0.25) is 14.4 Å². The van der Waals surface area contributed by atoms with E-state index >= 15 is 0 Å². The van der Waals surface area contributed by atoms with E-state index in [2.05, 4.69) is 21.9 Å². The largest absolute Gasteiger partial charge is 0.497 e. The van der Waals surface area contributed by atoms with Crippen LogP contribution in [0.3, 0.4) is 0 Å². The van der Waals surface area contributed by atoms with E-state index in [0.717, 1.165) is 5.56 Å². The van der Waals surface area contributed by atoms with Gasteiger partial charge in [-0.05, 0) is 82.7 Å². The highest BCUT2D eigenvalue weighted by Crippen LogP contribution is 2.35. The number of nitrogens with zero attached hydrogens (tertiary/aromatic N) is 2. The van der Waals surface area contributed by atoms with Crippen molar-refractivity contribution >= 4 is 44.7 Å². The minimum absolute atomic E-state index is 0.0163. The summed E-state index contributed by atoms with van der Waals surface area (Å²) >= 11 is 0. The van der Waals surface area contributed by atoms with E-state index < -0.39 is 68.6 Å². The molecule has 1 aromatic heterocycles. The molecule has 0 bridgehead atoms. The highest BCUT2D eigenvalue weighted by molar-refractivity contribution is 7.90. The Morgan fingerprint density at radius 2 is 1.66 bits per heavy atom. The van der Waals surface area contributed by atoms with Gasteiger partial charge in [-0.25, -0.2) is 22.9 Å². The fraction of sp³-hybridized carbons (Fsp3) is 0.413. The summed E-state index contributed by atoms with van der Waals surface area (Å²) in [6.07, 6.45) is 0.164. The third-order valence-electron chi connectivity index (χ3n) is 10.2. The van der Waals surface area contributed by atoms with E-state index in [9.17, 15) is 27.6 Å². The van der Waals surface area contributed by atoms with E-state index in [1.165, 1.54) is 24.0 Å². The first-order valence-corrected chi connectivity index (χ1v) is 21.6. The van der Waals surface area contributed by atoms with E-state index in [1.807, 2.05) is 36.4 Å². The third-order valence-corrected chi connectivity index (χ3v) is 11.6. The Bertz CT molecular complexity index is 2390. The number of benzene rings is 3. The first kappa shape index (κ1) is 46.1. The lowest BCUT2D eigenvalue weighted by atomic mass is 9.85. The van der Waals surface area contributed by atoms with Crippen LogP contribution in [-0.2, 0) is 29.1 Å². The van der Waals surface area contributed by atoms with Gasteiger partial charge in [0.05, 0.1) is 29.8 Å². The Labute approximate surface area is 358 Å². The lowest BCUT2D eigenvalue weighted by Gasteiger charge is -2.36. The van der Waals surface area contributed by atoms with Crippen LogP contribution in [0, 0.1) is 12.3 Å². The molecule has 4 amide bonds. The van der Waals surface area contributed by atoms with Crippen LogP contribution in [0.25, 0.3) is 22.2 Å². The number of carbonyl (C=O) groups is 4. The molecule has 2 heterocycles. The Balaban J connectivity index is 1.54. The number of aromatic nitrogens is 1. The Hall–Kier alpha value is -5.96. The summed E-state index contributed by atoms with van der Waals surface area (Å²) in [6, 6.07) is 20.4. The number of carbonyl (C=O) groups excluding carboxylic acids is 4. The summed E-state index contributed by atoms with van der Waals surface area (Å²) in [5, 5.41) is 6.19. The molecule has 0 spiro atoms. The van der Waals surface area contributed by atoms with Gasteiger partial charge in [0.25, 0.3) is 15.9 Å². The molecule has 1 saturated heterocycles. The average Bonchev–Trinajstić information content (AvgIpc) is 3.61. The van der Waals surface area contributed by atoms with E-state index in [1.54, 1.807) is 92.0 Å². The fourth-order valence-corrected chi connectivity index (χ4v) is 8.19. The first-order chi connectivity index (χ1) is 28.5. The third kappa shape index (κ3) is 11.5. The normalized spacial score (nSPS) is 17.1. The first-order valence-electron chi connectivity index (χ1n) is 20.1. The number of hydrogen-bond acceptors (Lipinski definition) is 10. The number of likely N-dealkylation sites (tertiary alicyclic amines) is 1. The average molecular weight is 856 g/mol. The molecule has 1 aliphatic heterocycles. The highest BCUT2D eigenvalue weighted by Gasteiger charge is 2.48. The van der Waals surface area contributed by atoms with E-state index in [-0.39, 0.29) is 30.7 Å². The summed E-state index contributed by atoms with van der Waals surface area (Å²) < 4.78 is 46.7. The van der Waals surface area contributed by atoms with Crippen molar-refractivity contribution in [3.8, 4) is 22.8 Å². The van der Waals surface area contributed by atoms with Crippen LogP contribution in [0.4, 0.5) is 4.79 Å².